The van der Waals surface area contributed by atoms with Crippen LogP contribution in [0.25, 0.3) is 11.3 Å². The second-order valence-electron chi connectivity index (χ2n) is 2.84. The van der Waals surface area contributed by atoms with E-state index < -0.39 is 0 Å². The van der Waals surface area contributed by atoms with E-state index in [1.165, 1.54) is 24.4 Å². The van der Waals surface area contributed by atoms with Crippen molar-refractivity contribution in [3.63, 3.8) is 0 Å². The number of benzene rings is 1. The zero-order valence-electron chi connectivity index (χ0n) is 7.42. The van der Waals surface area contributed by atoms with Crippen molar-refractivity contribution in [1.29, 1.82) is 0 Å². The van der Waals surface area contributed by atoms with Crippen LogP contribution in [0.4, 0.5) is 4.39 Å². The van der Waals surface area contributed by atoms with Gasteiger partial charge in [0.05, 0.1) is 10.7 Å². The minimum absolute atomic E-state index is 0.104. The molecular weight excluding hydrogens is 238 g/mol. The highest BCUT2D eigenvalue weighted by molar-refractivity contribution is 6.33. The average Bonchev–Trinajstić information content (AvgIpc) is 2.22. The Morgan fingerprint density at radius 3 is 2.67 bits per heavy atom. The first-order valence-electron chi connectivity index (χ1n) is 4.11. The van der Waals surface area contributed by atoms with E-state index in [-0.39, 0.29) is 11.1 Å². The van der Waals surface area contributed by atoms with Gasteiger partial charge in [0.1, 0.15) is 5.82 Å². The molecule has 0 aliphatic carbocycles. The summed E-state index contributed by atoms with van der Waals surface area (Å²) >= 11 is 11.5. The third-order valence-corrected chi connectivity index (χ3v) is 2.34. The molecule has 0 spiro atoms. The predicted molar refractivity (Wildman–Crippen MR) is 57.4 cm³/mol. The number of rotatable bonds is 1. The highest BCUT2D eigenvalue weighted by Gasteiger charge is 2.06. The van der Waals surface area contributed by atoms with Gasteiger partial charge in [-0.05, 0) is 35.9 Å². The van der Waals surface area contributed by atoms with E-state index in [9.17, 15) is 4.39 Å². The van der Waals surface area contributed by atoms with Gasteiger partial charge in [-0.1, -0.05) is 11.6 Å². The molecule has 0 aliphatic rings. The molecule has 2 aromatic rings. The van der Waals surface area contributed by atoms with E-state index in [1.807, 2.05) is 0 Å². The zero-order valence-corrected chi connectivity index (χ0v) is 8.93. The lowest BCUT2D eigenvalue weighted by molar-refractivity contribution is 0.628. The molecule has 2 rings (SSSR count). The van der Waals surface area contributed by atoms with Crippen LogP contribution >= 0.6 is 23.2 Å². The minimum atomic E-state index is -0.371. The first-order valence-corrected chi connectivity index (χ1v) is 4.86. The minimum Gasteiger partial charge on any atom is -0.226 e. The maximum atomic E-state index is 13.0. The SMILES string of the molecule is Fc1ccc(Cl)c(-c2ccnc(Cl)n2)c1. The van der Waals surface area contributed by atoms with Crippen LogP contribution in [0.3, 0.4) is 0 Å². The average molecular weight is 243 g/mol. The Morgan fingerprint density at radius 2 is 1.93 bits per heavy atom. The first kappa shape index (κ1) is 10.3. The zero-order chi connectivity index (χ0) is 10.8. The summed E-state index contributed by atoms with van der Waals surface area (Å²) in [4.78, 5) is 7.68. The molecule has 0 aliphatic heterocycles. The van der Waals surface area contributed by atoms with E-state index in [0.29, 0.717) is 16.3 Å². The number of halogens is 3. The van der Waals surface area contributed by atoms with E-state index in [0.717, 1.165) is 0 Å². The maximum Gasteiger partial charge on any atom is 0.222 e. The Kier molecular flexibility index (Phi) is 2.84. The van der Waals surface area contributed by atoms with Crippen molar-refractivity contribution in [3.05, 3.63) is 46.6 Å². The Morgan fingerprint density at radius 1 is 1.13 bits per heavy atom. The number of hydrogen-bond acceptors (Lipinski definition) is 2. The van der Waals surface area contributed by atoms with E-state index in [4.69, 9.17) is 23.2 Å². The molecule has 0 amide bonds. The summed E-state index contributed by atoms with van der Waals surface area (Å²) in [5.74, 6) is -0.371. The molecule has 1 aromatic heterocycles. The molecule has 1 heterocycles. The van der Waals surface area contributed by atoms with Gasteiger partial charge < -0.3 is 0 Å². The van der Waals surface area contributed by atoms with Gasteiger partial charge in [-0.3, -0.25) is 0 Å². The first-order chi connectivity index (χ1) is 7.16. The van der Waals surface area contributed by atoms with Crippen molar-refractivity contribution >= 4 is 23.2 Å². The monoisotopic (exact) mass is 242 g/mol. The second-order valence-corrected chi connectivity index (χ2v) is 3.58. The molecule has 0 N–H and O–H groups in total. The molecule has 0 saturated heterocycles. The van der Waals surface area contributed by atoms with Crippen molar-refractivity contribution < 1.29 is 4.39 Å². The molecule has 0 bridgehead atoms. The van der Waals surface area contributed by atoms with Gasteiger partial charge in [0, 0.05) is 11.8 Å². The Balaban J connectivity index is 2.58. The second kappa shape index (κ2) is 4.13. The fourth-order valence-electron chi connectivity index (χ4n) is 1.18. The summed E-state index contributed by atoms with van der Waals surface area (Å²) in [5, 5.41) is 0.527. The lowest BCUT2D eigenvalue weighted by Gasteiger charge is -2.03. The van der Waals surface area contributed by atoms with Crippen LogP contribution in [0.2, 0.25) is 10.3 Å². The third kappa shape index (κ3) is 2.25. The van der Waals surface area contributed by atoms with Crippen molar-refractivity contribution in [1.82, 2.24) is 9.97 Å². The molecule has 0 fully saturated rings. The fourth-order valence-corrected chi connectivity index (χ4v) is 1.54. The molecule has 5 heteroatoms. The largest absolute Gasteiger partial charge is 0.226 e. The molecule has 2 nitrogen and oxygen atoms in total. The third-order valence-electron chi connectivity index (χ3n) is 1.83. The van der Waals surface area contributed by atoms with Gasteiger partial charge in [-0.25, -0.2) is 14.4 Å². The Bertz CT molecular complexity index is 503. The smallest absolute Gasteiger partial charge is 0.222 e. The number of nitrogens with zero attached hydrogens (tertiary/aromatic N) is 2. The summed E-state index contributed by atoms with van der Waals surface area (Å²) < 4.78 is 13.0. The molecule has 15 heavy (non-hydrogen) atoms. The van der Waals surface area contributed by atoms with Crippen molar-refractivity contribution in [2.24, 2.45) is 0 Å². The molecule has 1 aromatic carbocycles. The van der Waals surface area contributed by atoms with Crippen LogP contribution in [0, 0.1) is 5.82 Å². The van der Waals surface area contributed by atoms with Crippen LogP contribution in [-0.2, 0) is 0 Å². The summed E-state index contributed by atoms with van der Waals surface area (Å²) in [5.41, 5.74) is 1.00. The fraction of sp³-hybridized carbons (Fsp3) is 0. The predicted octanol–water partition coefficient (Wildman–Crippen LogP) is 3.59. The van der Waals surface area contributed by atoms with Crippen molar-refractivity contribution in [2.75, 3.05) is 0 Å². The van der Waals surface area contributed by atoms with E-state index in [2.05, 4.69) is 9.97 Å². The molecule has 0 radical (unpaired) electrons. The van der Waals surface area contributed by atoms with Gasteiger partial charge >= 0.3 is 0 Å². The lowest BCUT2D eigenvalue weighted by Crippen LogP contribution is -1.88. The van der Waals surface area contributed by atoms with Gasteiger partial charge in [-0.15, -0.1) is 0 Å². The van der Waals surface area contributed by atoms with Crippen LogP contribution in [0.15, 0.2) is 30.5 Å². The van der Waals surface area contributed by atoms with Gasteiger partial charge in [0.25, 0.3) is 0 Å². The molecular formula is C10H5Cl2FN2. The molecule has 0 saturated carbocycles. The quantitative estimate of drug-likeness (QED) is 0.715. The Hall–Kier alpha value is -1.19. The van der Waals surface area contributed by atoms with Crippen LogP contribution < -0.4 is 0 Å². The van der Waals surface area contributed by atoms with Crippen LogP contribution in [0.1, 0.15) is 0 Å². The number of aromatic nitrogens is 2. The maximum absolute atomic E-state index is 13.0. The highest BCUT2D eigenvalue weighted by Crippen LogP contribution is 2.27. The Labute approximate surface area is 95.7 Å². The van der Waals surface area contributed by atoms with Gasteiger partial charge in [-0.2, -0.15) is 0 Å². The highest BCUT2D eigenvalue weighted by atomic mass is 35.5. The number of hydrogen-bond donors (Lipinski definition) is 0. The molecule has 0 atom stereocenters. The molecule has 76 valence electrons. The van der Waals surface area contributed by atoms with Crippen molar-refractivity contribution in [3.8, 4) is 11.3 Å². The standard InChI is InChI=1S/C10H5Cl2FN2/c11-8-2-1-6(13)5-7(8)9-3-4-14-10(12)15-9/h1-5H. The topological polar surface area (TPSA) is 25.8 Å². The van der Waals surface area contributed by atoms with Gasteiger partial charge in [0.2, 0.25) is 5.28 Å². The van der Waals surface area contributed by atoms with Crippen LogP contribution in [-0.4, -0.2) is 9.97 Å². The van der Waals surface area contributed by atoms with Crippen LogP contribution in [0.5, 0.6) is 0 Å². The summed E-state index contributed by atoms with van der Waals surface area (Å²) in [7, 11) is 0. The van der Waals surface area contributed by atoms with Gasteiger partial charge in [0.15, 0.2) is 0 Å². The lowest BCUT2D eigenvalue weighted by atomic mass is 10.1. The summed E-state index contributed by atoms with van der Waals surface area (Å²) in [6.45, 7) is 0. The normalized spacial score (nSPS) is 10.3. The van der Waals surface area contributed by atoms with E-state index in [1.54, 1.807) is 6.07 Å². The summed E-state index contributed by atoms with van der Waals surface area (Å²) in [6.07, 6.45) is 1.49. The summed E-state index contributed by atoms with van der Waals surface area (Å²) in [6, 6.07) is 5.68. The van der Waals surface area contributed by atoms with Crippen molar-refractivity contribution in [2.45, 2.75) is 0 Å². The van der Waals surface area contributed by atoms with E-state index >= 15 is 0 Å². The molecule has 0 unspecified atom stereocenters.